The summed E-state index contributed by atoms with van der Waals surface area (Å²) in [6.45, 7) is 2.59. The van der Waals surface area contributed by atoms with Crippen LogP contribution in [0.5, 0.6) is 0 Å². The van der Waals surface area contributed by atoms with Crippen LogP contribution in [0.2, 0.25) is 5.02 Å². The fraction of sp³-hybridized carbons (Fsp3) is 0.533. The van der Waals surface area contributed by atoms with Gasteiger partial charge in [-0.3, -0.25) is 9.69 Å². The minimum atomic E-state index is -3.02. The minimum absolute atomic E-state index is 0.0176. The maximum Gasteiger partial charge on any atom is 0.234 e. The molecule has 0 bridgehead atoms. The molecular formula is C15H21ClN2O3S. The Hall–Kier alpha value is -1.11. The van der Waals surface area contributed by atoms with Gasteiger partial charge in [-0.25, -0.2) is 8.42 Å². The smallest absolute Gasteiger partial charge is 0.234 e. The Kier molecular flexibility index (Phi) is 5.14. The summed E-state index contributed by atoms with van der Waals surface area (Å²) in [5, 5.41) is 3.52. The lowest BCUT2D eigenvalue weighted by molar-refractivity contribution is -0.123. The zero-order valence-electron chi connectivity index (χ0n) is 12.8. The van der Waals surface area contributed by atoms with Gasteiger partial charge in [0.2, 0.25) is 5.91 Å². The van der Waals surface area contributed by atoms with E-state index in [9.17, 15) is 13.2 Å². The third kappa shape index (κ3) is 4.97. The molecule has 0 aromatic heterocycles. The van der Waals surface area contributed by atoms with E-state index in [2.05, 4.69) is 5.32 Å². The van der Waals surface area contributed by atoms with Gasteiger partial charge in [-0.1, -0.05) is 23.7 Å². The topological polar surface area (TPSA) is 66.5 Å². The standard InChI is InChI=1S/C15H21ClN2O3S/c1-15(6-7-22(20,21)11-15)17-14(19)10-18(2)9-12-4-3-5-13(16)8-12/h3-5,8H,6-7,9-11H2,1-2H3,(H,17,19)/t15-/m0/s1. The second-order valence-corrected chi connectivity index (χ2v) is 8.87. The number of benzene rings is 1. The molecule has 1 fully saturated rings. The maximum atomic E-state index is 12.1. The SMILES string of the molecule is CN(CC(=O)N[C@@]1(C)CCS(=O)(=O)C1)Cc1cccc(Cl)c1. The summed E-state index contributed by atoms with van der Waals surface area (Å²) >= 11 is 5.94. The van der Waals surface area contributed by atoms with Crippen LogP contribution in [0.1, 0.15) is 18.9 Å². The molecule has 0 unspecified atom stereocenters. The van der Waals surface area contributed by atoms with Crippen molar-refractivity contribution in [2.75, 3.05) is 25.1 Å². The Labute approximate surface area is 136 Å². The van der Waals surface area contributed by atoms with Crippen molar-refractivity contribution >= 4 is 27.3 Å². The van der Waals surface area contributed by atoms with Crippen molar-refractivity contribution in [3.8, 4) is 0 Å². The van der Waals surface area contributed by atoms with Crippen LogP contribution in [0.4, 0.5) is 0 Å². The van der Waals surface area contributed by atoms with Crippen molar-refractivity contribution in [1.29, 1.82) is 0 Å². The number of carbonyl (C=O) groups excluding carboxylic acids is 1. The monoisotopic (exact) mass is 344 g/mol. The first-order chi connectivity index (χ1) is 10.2. The second kappa shape index (κ2) is 6.56. The van der Waals surface area contributed by atoms with Crippen molar-refractivity contribution in [3.63, 3.8) is 0 Å². The minimum Gasteiger partial charge on any atom is -0.349 e. The van der Waals surface area contributed by atoms with Gasteiger partial charge in [0, 0.05) is 11.6 Å². The molecule has 7 heteroatoms. The van der Waals surface area contributed by atoms with Crippen LogP contribution >= 0.6 is 11.6 Å². The van der Waals surface area contributed by atoms with Crippen molar-refractivity contribution in [1.82, 2.24) is 10.2 Å². The van der Waals surface area contributed by atoms with Gasteiger partial charge < -0.3 is 5.32 Å². The van der Waals surface area contributed by atoms with Gasteiger partial charge in [0.05, 0.1) is 23.6 Å². The quantitative estimate of drug-likeness (QED) is 0.878. The van der Waals surface area contributed by atoms with Crippen LogP contribution in [0.15, 0.2) is 24.3 Å². The molecule has 5 nitrogen and oxygen atoms in total. The summed E-state index contributed by atoms with van der Waals surface area (Å²) < 4.78 is 23.1. The normalized spacial score (nSPS) is 23.6. The Morgan fingerprint density at radius 2 is 2.18 bits per heavy atom. The summed E-state index contributed by atoms with van der Waals surface area (Å²) in [5.41, 5.74) is 0.379. The summed E-state index contributed by atoms with van der Waals surface area (Å²) in [7, 11) is -1.18. The third-order valence-electron chi connectivity index (χ3n) is 3.70. The molecule has 0 radical (unpaired) electrons. The fourth-order valence-corrected chi connectivity index (χ4v) is 5.04. The number of nitrogens with zero attached hydrogens (tertiary/aromatic N) is 1. The molecule has 1 aromatic carbocycles. The Morgan fingerprint density at radius 1 is 1.45 bits per heavy atom. The van der Waals surface area contributed by atoms with Crippen LogP contribution in [-0.4, -0.2) is 49.9 Å². The number of carbonyl (C=O) groups is 1. The van der Waals surface area contributed by atoms with Crippen molar-refractivity contribution in [2.24, 2.45) is 0 Å². The van der Waals surface area contributed by atoms with E-state index >= 15 is 0 Å². The molecule has 0 saturated carbocycles. The highest BCUT2D eigenvalue weighted by Crippen LogP contribution is 2.22. The van der Waals surface area contributed by atoms with E-state index < -0.39 is 15.4 Å². The van der Waals surface area contributed by atoms with Gasteiger partial charge in [0.25, 0.3) is 0 Å². The first-order valence-corrected chi connectivity index (χ1v) is 9.32. The van der Waals surface area contributed by atoms with Gasteiger partial charge in [0.15, 0.2) is 9.84 Å². The molecule has 1 N–H and O–H groups in total. The van der Waals surface area contributed by atoms with E-state index in [0.29, 0.717) is 18.0 Å². The molecule has 2 rings (SSSR count). The number of amides is 1. The van der Waals surface area contributed by atoms with Crippen molar-refractivity contribution < 1.29 is 13.2 Å². The molecule has 1 aliphatic heterocycles. The number of sulfone groups is 1. The molecule has 1 aromatic rings. The molecule has 122 valence electrons. The zero-order valence-corrected chi connectivity index (χ0v) is 14.4. The lowest BCUT2D eigenvalue weighted by atomic mass is 10.0. The Morgan fingerprint density at radius 3 is 2.77 bits per heavy atom. The van der Waals surface area contributed by atoms with E-state index in [4.69, 9.17) is 11.6 Å². The molecule has 22 heavy (non-hydrogen) atoms. The van der Waals surface area contributed by atoms with Crippen LogP contribution in [0.25, 0.3) is 0 Å². The van der Waals surface area contributed by atoms with E-state index in [1.807, 2.05) is 30.1 Å². The van der Waals surface area contributed by atoms with E-state index in [-0.39, 0.29) is 24.0 Å². The molecule has 1 atom stereocenters. The van der Waals surface area contributed by atoms with Crippen LogP contribution < -0.4 is 5.32 Å². The van der Waals surface area contributed by atoms with Crippen molar-refractivity contribution in [3.05, 3.63) is 34.9 Å². The van der Waals surface area contributed by atoms with Crippen LogP contribution in [-0.2, 0) is 21.2 Å². The Bertz CT molecular complexity index is 663. The van der Waals surface area contributed by atoms with Gasteiger partial charge in [-0.15, -0.1) is 0 Å². The number of halogens is 1. The molecule has 0 spiro atoms. The highest BCUT2D eigenvalue weighted by molar-refractivity contribution is 7.91. The molecular weight excluding hydrogens is 324 g/mol. The number of nitrogens with one attached hydrogen (secondary N) is 1. The highest BCUT2D eigenvalue weighted by Gasteiger charge is 2.39. The van der Waals surface area contributed by atoms with E-state index in [1.165, 1.54) is 0 Å². The molecule has 1 heterocycles. The highest BCUT2D eigenvalue weighted by atomic mass is 35.5. The van der Waals surface area contributed by atoms with Gasteiger partial charge >= 0.3 is 0 Å². The Balaban J connectivity index is 1.87. The summed E-state index contributed by atoms with van der Waals surface area (Å²) in [4.78, 5) is 14.0. The van der Waals surface area contributed by atoms with E-state index in [0.717, 1.165) is 5.56 Å². The number of hydrogen-bond acceptors (Lipinski definition) is 4. The largest absolute Gasteiger partial charge is 0.349 e. The number of likely N-dealkylation sites (N-methyl/N-ethyl adjacent to an activating group) is 1. The third-order valence-corrected chi connectivity index (χ3v) is 5.84. The summed E-state index contributed by atoms with van der Waals surface area (Å²) in [6.07, 6.45) is 0.471. The average Bonchev–Trinajstić information content (AvgIpc) is 2.62. The van der Waals surface area contributed by atoms with Gasteiger partial charge in [-0.05, 0) is 38.1 Å². The van der Waals surface area contributed by atoms with Gasteiger partial charge in [-0.2, -0.15) is 0 Å². The summed E-state index contributed by atoms with van der Waals surface area (Å²) in [5.74, 6) is -0.00423. The second-order valence-electron chi connectivity index (χ2n) is 6.25. The predicted octanol–water partition coefficient (Wildman–Crippen LogP) is 1.47. The maximum absolute atomic E-state index is 12.1. The summed E-state index contributed by atoms with van der Waals surface area (Å²) in [6, 6.07) is 7.49. The fourth-order valence-electron chi connectivity index (χ4n) is 2.73. The molecule has 0 aliphatic carbocycles. The molecule has 1 amide bonds. The molecule has 1 saturated heterocycles. The molecule has 1 aliphatic rings. The number of hydrogen-bond donors (Lipinski definition) is 1. The predicted molar refractivity (Wildman–Crippen MR) is 87.6 cm³/mol. The zero-order chi connectivity index (χ0) is 16.4. The first kappa shape index (κ1) is 17.2. The lowest BCUT2D eigenvalue weighted by Gasteiger charge is -2.25. The number of rotatable bonds is 5. The lowest BCUT2D eigenvalue weighted by Crippen LogP contribution is -2.49. The first-order valence-electron chi connectivity index (χ1n) is 7.12. The van der Waals surface area contributed by atoms with Crippen LogP contribution in [0, 0.1) is 0 Å². The van der Waals surface area contributed by atoms with Crippen LogP contribution in [0.3, 0.4) is 0 Å². The van der Waals surface area contributed by atoms with Crippen molar-refractivity contribution in [2.45, 2.75) is 25.4 Å². The van der Waals surface area contributed by atoms with Gasteiger partial charge in [0.1, 0.15) is 0 Å². The van der Waals surface area contributed by atoms with E-state index in [1.54, 1.807) is 13.0 Å². The average molecular weight is 345 g/mol.